The number of hydrogen-bond acceptors (Lipinski definition) is 2. The van der Waals surface area contributed by atoms with Gasteiger partial charge in [-0.25, -0.2) is 0 Å². The van der Waals surface area contributed by atoms with Crippen molar-refractivity contribution in [3.63, 3.8) is 0 Å². The van der Waals surface area contributed by atoms with Gasteiger partial charge in [-0.2, -0.15) is 0 Å². The molecule has 0 bridgehead atoms. The van der Waals surface area contributed by atoms with E-state index in [9.17, 15) is 0 Å². The molecule has 0 N–H and O–H groups in total. The van der Waals surface area contributed by atoms with Crippen molar-refractivity contribution in [2.24, 2.45) is 0 Å². The summed E-state index contributed by atoms with van der Waals surface area (Å²) in [6.07, 6.45) is 3.54. The van der Waals surface area contributed by atoms with E-state index in [0.717, 1.165) is 11.4 Å². The maximum Gasteiger partial charge on any atom is 3.00 e. The summed E-state index contributed by atoms with van der Waals surface area (Å²) in [5.74, 6) is 0. The van der Waals surface area contributed by atoms with Crippen LogP contribution in [0.3, 0.4) is 0 Å². The minimum Gasteiger partial charge on any atom is -1.00 e. The molecule has 2 nitrogen and oxygen atoms in total. The molecule has 0 amide bonds. The van der Waals surface area contributed by atoms with Crippen LogP contribution in [-0.4, -0.2) is 9.97 Å². The second kappa shape index (κ2) is 12.2. The van der Waals surface area contributed by atoms with Gasteiger partial charge in [-0.05, 0) is 24.3 Å². The fourth-order valence-corrected chi connectivity index (χ4v) is 1.03. The molecule has 0 aliphatic rings. The summed E-state index contributed by atoms with van der Waals surface area (Å²) in [6.45, 7) is 0. The van der Waals surface area contributed by atoms with Crippen LogP contribution in [0.2, 0.25) is 0 Å². The van der Waals surface area contributed by atoms with Gasteiger partial charge < -0.3 is 37.2 Å². The minimum absolute atomic E-state index is 0. The second-order valence-corrected chi connectivity index (χ2v) is 2.43. The van der Waals surface area contributed by atoms with Crippen LogP contribution >= 0.6 is 0 Å². The standard InChI is InChI=1S/C10H8N2.3ClH.Eu/c1-3-7-11-9(5-1)10-6-2-4-8-12-10;;;;/h1-8H;3*1H;/q;;;;+3/p-3. The van der Waals surface area contributed by atoms with Gasteiger partial charge in [0, 0.05) is 12.4 Å². The number of nitrogens with zero attached hydrogens (tertiary/aromatic N) is 2. The fraction of sp³-hybridized carbons (Fsp3) is 0. The molecule has 0 fully saturated rings. The Balaban J connectivity index is -0.000000422. The van der Waals surface area contributed by atoms with E-state index in [4.69, 9.17) is 0 Å². The molecule has 6 heteroatoms. The largest absolute Gasteiger partial charge is 3.00 e. The van der Waals surface area contributed by atoms with Crippen molar-refractivity contribution in [2.45, 2.75) is 0 Å². The number of rotatable bonds is 1. The molecule has 0 aliphatic heterocycles. The molecule has 0 spiro atoms. The maximum absolute atomic E-state index is 4.19. The molecule has 0 saturated heterocycles. The normalized spacial score (nSPS) is 7.25. The Morgan fingerprint density at radius 3 is 1.25 bits per heavy atom. The van der Waals surface area contributed by atoms with E-state index in [0.29, 0.717) is 0 Å². The van der Waals surface area contributed by atoms with Gasteiger partial charge in [0.15, 0.2) is 0 Å². The second-order valence-electron chi connectivity index (χ2n) is 2.43. The Morgan fingerprint density at radius 1 is 0.625 bits per heavy atom. The number of pyridine rings is 2. The summed E-state index contributed by atoms with van der Waals surface area (Å²) in [5, 5.41) is 0. The van der Waals surface area contributed by atoms with E-state index in [1.54, 1.807) is 12.4 Å². The summed E-state index contributed by atoms with van der Waals surface area (Å²) in [5.41, 5.74) is 1.83. The zero-order valence-corrected chi connectivity index (χ0v) is 12.7. The van der Waals surface area contributed by atoms with Crippen LogP contribution in [0.15, 0.2) is 48.8 Å². The molecule has 2 heterocycles. The summed E-state index contributed by atoms with van der Waals surface area (Å²) in [7, 11) is 0. The van der Waals surface area contributed by atoms with E-state index in [-0.39, 0.29) is 86.6 Å². The molecule has 16 heavy (non-hydrogen) atoms. The summed E-state index contributed by atoms with van der Waals surface area (Å²) in [4.78, 5) is 8.37. The van der Waals surface area contributed by atoms with Crippen LogP contribution in [0.5, 0.6) is 0 Å². The first-order valence-electron chi connectivity index (χ1n) is 3.79. The Morgan fingerprint density at radius 2 is 1.00 bits per heavy atom. The van der Waals surface area contributed by atoms with Crippen LogP contribution in [0.1, 0.15) is 0 Å². The van der Waals surface area contributed by atoms with Crippen LogP contribution in [0.25, 0.3) is 11.4 Å². The first kappa shape index (κ1) is 22.0. The number of aromatic nitrogens is 2. The fourth-order valence-electron chi connectivity index (χ4n) is 1.03. The predicted octanol–water partition coefficient (Wildman–Crippen LogP) is -6.84. The van der Waals surface area contributed by atoms with Gasteiger partial charge in [0.25, 0.3) is 0 Å². The molecule has 0 atom stereocenters. The summed E-state index contributed by atoms with van der Waals surface area (Å²) in [6, 6.07) is 11.6. The van der Waals surface area contributed by atoms with Gasteiger partial charge in [0.2, 0.25) is 0 Å². The van der Waals surface area contributed by atoms with Crippen molar-refractivity contribution >= 4 is 0 Å². The average Bonchev–Trinajstić information content (AvgIpc) is 2.21. The molecule has 2 aromatic heterocycles. The van der Waals surface area contributed by atoms with Crippen molar-refractivity contribution < 1.29 is 86.6 Å². The molecule has 2 aromatic rings. The van der Waals surface area contributed by atoms with Gasteiger partial charge in [-0.15, -0.1) is 0 Å². The number of hydrogen-bond donors (Lipinski definition) is 0. The third kappa shape index (κ3) is 6.48. The quantitative estimate of drug-likeness (QED) is 0.464. The third-order valence-electron chi connectivity index (χ3n) is 1.59. The zero-order chi connectivity index (χ0) is 8.23. The van der Waals surface area contributed by atoms with Crippen LogP contribution in [0.4, 0.5) is 0 Å². The first-order valence-corrected chi connectivity index (χ1v) is 3.79. The van der Waals surface area contributed by atoms with Gasteiger partial charge in [0.05, 0.1) is 11.4 Å². The van der Waals surface area contributed by atoms with E-state index >= 15 is 0 Å². The molecule has 0 saturated carbocycles. The van der Waals surface area contributed by atoms with E-state index in [1.807, 2.05) is 36.4 Å². The predicted molar refractivity (Wildman–Crippen MR) is 47.5 cm³/mol. The smallest absolute Gasteiger partial charge is 1.00 e. The monoisotopic (exact) mass is 414 g/mol. The number of halogens is 3. The van der Waals surface area contributed by atoms with E-state index in [2.05, 4.69) is 9.97 Å². The summed E-state index contributed by atoms with van der Waals surface area (Å²) < 4.78 is 0. The third-order valence-corrected chi connectivity index (χ3v) is 1.59. The van der Waals surface area contributed by atoms with Crippen molar-refractivity contribution in [2.75, 3.05) is 0 Å². The van der Waals surface area contributed by atoms with Gasteiger partial charge in [-0.3, -0.25) is 9.97 Å². The van der Waals surface area contributed by atoms with Crippen LogP contribution < -0.4 is 37.2 Å². The van der Waals surface area contributed by atoms with Crippen molar-refractivity contribution in [3.8, 4) is 11.4 Å². The van der Waals surface area contributed by atoms with Gasteiger partial charge >= 0.3 is 49.4 Å². The summed E-state index contributed by atoms with van der Waals surface area (Å²) >= 11 is 0. The molecule has 0 unspecified atom stereocenters. The molecular formula is C10H8Cl3EuN2. The Hall–Kier alpha value is 0.754. The topological polar surface area (TPSA) is 25.8 Å². The average molecular weight is 415 g/mol. The van der Waals surface area contributed by atoms with Crippen molar-refractivity contribution in [1.82, 2.24) is 9.97 Å². The zero-order valence-electron chi connectivity index (χ0n) is 8.03. The molecule has 0 aromatic carbocycles. The Bertz CT molecular complexity index is 321. The van der Waals surface area contributed by atoms with Crippen LogP contribution in [-0.2, 0) is 0 Å². The minimum atomic E-state index is 0. The SMILES string of the molecule is [Cl-].[Cl-].[Cl-].[Eu+3].c1ccc(-c2ccccn2)nc1. The maximum atomic E-state index is 4.19. The molecule has 86 valence electrons. The van der Waals surface area contributed by atoms with Gasteiger partial charge in [-0.1, -0.05) is 12.1 Å². The van der Waals surface area contributed by atoms with Gasteiger partial charge in [0.1, 0.15) is 0 Å². The molecule has 0 radical (unpaired) electrons. The molecule has 0 aliphatic carbocycles. The first-order chi connectivity index (χ1) is 5.97. The van der Waals surface area contributed by atoms with Crippen molar-refractivity contribution in [1.29, 1.82) is 0 Å². The Labute approximate surface area is 154 Å². The Kier molecular flexibility index (Phi) is 16.8. The molecular weight excluding hydrogens is 406 g/mol. The van der Waals surface area contributed by atoms with Crippen molar-refractivity contribution in [3.05, 3.63) is 48.8 Å². The molecule has 2 rings (SSSR count). The van der Waals surface area contributed by atoms with Crippen LogP contribution in [0, 0.1) is 49.4 Å². The van der Waals surface area contributed by atoms with E-state index < -0.39 is 0 Å². The van der Waals surface area contributed by atoms with E-state index in [1.165, 1.54) is 0 Å².